The summed E-state index contributed by atoms with van der Waals surface area (Å²) in [7, 11) is 0. The van der Waals surface area contributed by atoms with Gasteiger partial charge in [0, 0.05) is 48.9 Å². The fraction of sp³-hybridized carbons (Fsp3) is 0.571. The summed E-state index contributed by atoms with van der Waals surface area (Å²) >= 11 is 3.51. The van der Waals surface area contributed by atoms with Gasteiger partial charge in [-0.25, -0.2) is 0 Å². The van der Waals surface area contributed by atoms with E-state index in [4.69, 9.17) is 5.73 Å². The lowest BCUT2D eigenvalue weighted by molar-refractivity contribution is 0.121. The number of nitrogens with two attached hydrogens (primary N) is 1. The van der Waals surface area contributed by atoms with Gasteiger partial charge < -0.3 is 5.73 Å². The van der Waals surface area contributed by atoms with E-state index in [1.165, 1.54) is 44.6 Å². The minimum atomic E-state index is 0.844. The van der Waals surface area contributed by atoms with E-state index in [0.717, 1.165) is 22.7 Å². The van der Waals surface area contributed by atoms with E-state index in [2.05, 4.69) is 37.9 Å². The summed E-state index contributed by atoms with van der Waals surface area (Å²) in [6.07, 6.45) is 2.84. The van der Waals surface area contributed by atoms with Crippen LogP contribution in [0, 0.1) is 0 Å². The van der Waals surface area contributed by atoms with E-state index in [-0.39, 0.29) is 0 Å². The minimum Gasteiger partial charge on any atom is -0.399 e. The Morgan fingerprint density at radius 1 is 1.11 bits per heavy atom. The fourth-order valence-electron chi connectivity index (χ4n) is 2.75. The molecule has 1 saturated heterocycles. The Hall–Kier alpha value is -0.580. The summed E-state index contributed by atoms with van der Waals surface area (Å²) in [4.78, 5) is 5.17. The van der Waals surface area contributed by atoms with Crippen LogP contribution < -0.4 is 5.73 Å². The standard InChI is InChI=1S/C14H20BrN3/c15-12-7-11(8-13(16)9-12)10-17-3-5-18(6-4-17)14-1-2-14/h7-9,14H,1-6,10,16H2. The third-order valence-corrected chi connectivity index (χ3v) is 4.31. The molecular formula is C14H20BrN3. The number of rotatable bonds is 3. The second-order valence-electron chi connectivity index (χ2n) is 5.44. The molecule has 0 bridgehead atoms. The highest BCUT2D eigenvalue weighted by molar-refractivity contribution is 9.10. The van der Waals surface area contributed by atoms with Crippen LogP contribution in [0.2, 0.25) is 0 Å². The Morgan fingerprint density at radius 3 is 2.44 bits per heavy atom. The number of anilines is 1. The molecule has 0 unspecified atom stereocenters. The van der Waals surface area contributed by atoms with Gasteiger partial charge in [0.15, 0.2) is 0 Å². The summed E-state index contributed by atoms with van der Waals surface area (Å²) in [5, 5.41) is 0. The van der Waals surface area contributed by atoms with Crippen molar-refractivity contribution in [3.8, 4) is 0 Å². The topological polar surface area (TPSA) is 32.5 Å². The molecule has 0 radical (unpaired) electrons. The Balaban J connectivity index is 1.56. The van der Waals surface area contributed by atoms with Gasteiger partial charge >= 0.3 is 0 Å². The molecule has 0 atom stereocenters. The molecule has 0 spiro atoms. The van der Waals surface area contributed by atoms with Gasteiger partial charge in [0.25, 0.3) is 0 Å². The highest BCUT2D eigenvalue weighted by Gasteiger charge is 2.30. The van der Waals surface area contributed by atoms with E-state index in [1.807, 2.05) is 6.07 Å². The second kappa shape index (κ2) is 5.19. The van der Waals surface area contributed by atoms with Crippen LogP contribution >= 0.6 is 15.9 Å². The first-order chi connectivity index (χ1) is 8.70. The van der Waals surface area contributed by atoms with Crippen LogP contribution in [0.4, 0.5) is 5.69 Å². The Kier molecular flexibility index (Phi) is 3.59. The Labute approximate surface area is 117 Å². The molecule has 3 nitrogen and oxygen atoms in total. The highest BCUT2D eigenvalue weighted by Crippen LogP contribution is 2.27. The van der Waals surface area contributed by atoms with E-state index >= 15 is 0 Å². The zero-order valence-corrected chi connectivity index (χ0v) is 12.2. The van der Waals surface area contributed by atoms with Crippen LogP contribution in [0.5, 0.6) is 0 Å². The van der Waals surface area contributed by atoms with E-state index in [9.17, 15) is 0 Å². The maximum atomic E-state index is 5.88. The van der Waals surface area contributed by atoms with Gasteiger partial charge in [-0.2, -0.15) is 0 Å². The average molecular weight is 310 g/mol. The second-order valence-corrected chi connectivity index (χ2v) is 6.35. The van der Waals surface area contributed by atoms with Crippen molar-refractivity contribution < 1.29 is 0 Å². The van der Waals surface area contributed by atoms with Gasteiger partial charge in [-0.3, -0.25) is 9.80 Å². The molecule has 1 aromatic rings. The molecule has 1 aliphatic carbocycles. The van der Waals surface area contributed by atoms with E-state index < -0.39 is 0 Å². The first kappa shape index (κ1) is 12.5. The fourth-order valence-corrected chi connectivity index (χ4v) is 3.31. The van der Waals surface area contributed by atoms with Gasteiger partial charge in [-0.15, -0.1) is 0 Å². The van der Waals surface area contributed by atoms with E-state index in [0.29, 0.717) is 0 Å². The van der Waals surface area contributed by atoms with Crippen LogP contribution in [-0.2, 0) is 6.54 Å². The number of halogens is 1. The monoisotopic (exact) mass is 309 g/mol. The quantitative estimate of drug-likeness (QED) is 0.870. The number of piperazine rings is 1. The third kappa shape index (κ3) is 3.05. The first-order valence-corrected chi connectivity index (χ1v) is 7.51. The molecule has 3 rings (SSSR count). The highest BCUT2D eigenvalue weighted by atomic mass is 79.9. The molecule has 4 heteroatoms. The van der Waals surface area contributed by atoms with Crippen LogP contribution in [0.1, 0.15) is 18.4 Å². The van der Waals surface area contributed by atoms with Gasteiger partial charge in [0.2, 0.25) is 0 Å². The molecule has 0 aromatic heterocycles. The zero-order chi connectivity index (χ0) is 12.5. The van der Waals surface area contributed by atoms with Crippen molar-refractivity contribution in [2.75, 3.05) is 31.9 Å². The van der Waals surface area contributed by atoms with Crippen molar-refractivity contribution in [2.45, 2.75) is 25.4 Å². The van der Waals surface area contributed by atoms with Gasteiger partial charge in [-0.1, -0.05) is 15.9 Å². The lowest BCUT2D eigenvalue weighted by Crippen LogP contribution is -2.46. The summed E-state index contributed by atoms with van der Waals surface area (Å²) in [6.45, 7) is 5.84. The van der Waals surface area contributed by atoms with Gasteiger partial charge in [0.1, 0.15) is 0 Å². The van der Waals surface area contributed by atoms with Crippen molar-refractivity contribution in [3.63, 3.8) is 0 Å². The van der Waals surface area contributed by atoms with Gasteiger partial charge in [-0.05, 0) is 36.6 Å². The molecule has 1 saturated carbocycles. The van der Waals surface area contributed by atoms with Crippen LogP contribution in [-0.4, -0.2) is 42.0 Å². The maximum Gasteiger partial charge on any atom is 0.0328 e. The molecule has 2 N–H and O–H groups in total. The minimum absolute atomic E-state index is 0.844. The summed E-state index contributed by atoms with van der Waals surface area (Å²) in [5.41, 5.74) is 8.03. The molecule has 98 valence electrons. The predicted octanol–water partition coefficient (Wildman–Crippen LogP) is 2.31. The molecule has 0 amide bonds. The first-order valence-electron chi connectivity index (χ1n) is 6.72. The zero-order valence-electron chi connectivity index (χ0n) is 10.6. The number of hydrogen-bond donors (Lipinski definition) is 1. The number of nitrogens with zero attached hydrogens (tertiary/aromatic N) is 2. The summed E-state index contributed by atoms with van der Waals surface area (Å²) < 4.78 is 1.08. The number of nitrogen functional groups attached to an aromatic ring is 1. The molecule has 18 heavy (non-hydrogen) atoms. The van der Waals surface area contributed by atoms with Crippen LogP contribution in [0.3, 0.4) is 0 Å². The average Bonchev–Trinajstić information content (AvgIpc) is 3.12. The van der Waals surface area contributed by atoms with Crippen molar-refractivity contribution in [2.24, 2.45) is 0 Å². The molecule has 1 heterocycles. The van der Waals surface area contributed by atoms with E-state index in [1.54, 1.807) is 0 Å². The van der Waals surface area contributed by atoms with Crippen molar-refractivity contribution in [1.82, 2.24) is 9.80 Å². The van der Waals surface area contributed by atoms with Crippen molar-refractivity contribution >= 4 is 21.6 Å². The number of hydrogen-bond acceptors (Lipinski definition) is 3. The maximum absolute atomic E-state index is 5.88. The largest absolute Gasteiger partial charge is 0.399 e. The van der Waals surface area contributed by atoms with Crippen LogP contribution in [0.25, 0.3) is 0 Å². The third-order valence-electron chi connectivity index (χ3n) is 3.86. The lowest BCUT2D eigenvalue weighted by atomic mass is 10.1. The molecule has 1 aromatic carbocycles. The summed E-state index contributed by atoms with van der Waals surface area (Å²) in [5.74, 6) is 0. The number of benzene rings is 1. The van der Waals surface area contributed by atoms with Crippen molar-refractivity contribution in [3.05, 3.63) is 28.2 Å². The molecule has 2 fully saturated rings. The Bertz CT molecular complexity index is 403. The van der Waals surface area contributed by atoms with Crippen LogP contribution in [0.15, 0.2) is 22.7 Å². The van der Waals surface area contributed by atoms with Gasteiger partial charge in [0.05, 0.1) is 0 Å². The molecule has 2 aliphatic rings. The molecule has 1 aliphatic heterocycles. The Morgan fingerprint density at radius 2 is 1.83 bits per heavy atom. The lowest BCUT2D eigenvalue weighted by Gasteiger charge is -2.34. The predicted molar refractivity (Wildman–Crippen MR) is 78.4 cm³/mol. The molecular weight excluding hydrogens is 290 g/mol. The summed E-state index contributed by atoms with van der Waals surface area (Å²) in [6, 6.07) is 7.12. The smallest absolute Gasteiger partial charge is 0.0328 e. The SMILES string of the molecule is Nc1cc(Br)cc(CN2CCN(C3CC3)CC2)c1. The van der Waals surface area contributed by atoms with Crippen molar-refractivity contribution in [1.29, 1.82) is 0 Å². The normalized spacial score (nSPS) is 22.3.